The second kappa shape index (κ2) is 9.81. The van der Waals surface area contributed by atoms with Crippen molar-refractivity contribution in [2.75, 3.05) is 13.7 Å². The monoisotopic (exact) mass is 434 g/mol. The highest BCUT2D eigenvalue weighted by Crippen LogP contribution is 2.32. The number of methoxy groups -OCH3 is 1. The van der Waals surface area contributed by atoms with Gasteiger partial charge in [0.05, 0.1) is 31.2 Å². The molecule has 5 nitrogen and oxygen atoms in total. The van der Waals surface area contributed by atoms with Gasteiger partial charge in [0.15, 0.2) is 11.6 Å². The van der Waals surface area contributed by atoms with Crippen LogP contribution in [0.1, 0.15) is 41.3 Å². The molecule has 1 amide bonds. The Labute approximate surface area is 187 Å². The Hall–Kier alpha value is -3.41. The van der Waals surface area contributed by atoms with E-state index >= 15 is 0 Å². The highest BCUT2D eigenvalue weighted by molar-refractivity contribution is 5.97. The molecule has 32 heavy (non-hydrogen) atoms. The molecule has 2 aromatic carbocycles. The van der Waals surface area contributed by atoms with E-state index in [0.29, 0.717) is 29.4 Å². The second-order valence-corrected chi connectivity index (χ2v) is 7.98. The van der Waals surface area contributed by atoms with Crippen molar-refractivity contribution in [1.29, 1.82) is 0 Å². The summed E-state index contributed by atoms with van der Waals surface area (Å²) < 4.78 is 24.9. The summed E-state index contributed by atoms with van der Waals surface area (Å²) in [5.41, 5.74) is 3.95. The van der Waals surface area contributed by atoms with Gasteiger partial charge in [-0.15, -0.1) is 0 Å². The van der Waals surface area contributed by atoms with Gasteiger partial charge in [-0.1, -0.05) is 37.3 Å². The van der Waals surface area contributed by atoms with E-state index < -0.39 is 5.82 Å². The van der Waals surface area contributed by atoms with Crippen molar-refractivity contribution in [3.63, 3.8) is 0 Å². The Morgan fingerprint density at radius 2 is 1.97 bits per heavy atom. The third-order valence-corrected chi connectivity index (χ3v) is 5.63. The topological polar surface area (TPSA) is 60.5 Å². The molecule has 1 saturated carbocycles. The number of carbonyl (C=O) groups excluding carboxylic acids is 1. The molecular weight excluding hydrogens is 407 g/mol. The van der Waals surface area contributed by atoms with Crippen molar-refractivity contribution in [3.05, 3.63) is 77.2 Å². The normalized spacial score (nSPS) is 13.0. The summed E-state index contributed by atoms with van der Waals surface area (Å²) in [4.78, 5) is 17.7. The molecule has 0 saturated heterocycles. The molecule has 166 valence electrons. The number of hydrogen-bond acceptors (Lipinski definition) is 4. The lowest BCUT2D eigenvalue weighted by molar-refractivity contribution is 0.0946. The third-order valence-electron chi connectivity index (χ3n) is 5.63. The van der Waals surface area contributed by atoms with E-state index in [-0.39, 0.29) is 18.2 Å². The maximum Gasteiger partial charge on any atom is 0.255 e. The van der Waals surface area contributed by atoms with Crippen LogP contribution in [0.15, 0.2) is 54.7 Å². The van der Waals surface area contributed by atoms with Gasteiger partial charge in [-0.3, -0.25) is 9.78 Å². The fourth-order valence-corrected chi connectivity index (χ4v) is 3.55. The zero-order chi connectivity index (χ0) is 22.5. The minimum absolute atomic E-state index is 0.171. The molecule has 1 fully saturated rings. The zero-order valence-corrected chi connectivity index (χ0v) is 18.4. The summed E-state index contributed by atoms with van der Waals surface area (Å²) in [7, 11) is 1.42. The number of rotatable bonds is 9. The lowest BCUT2D eigenvalue weighted by Crippen LogP contribution is -2.24. The number of benzene rings is 2. The number of aromatic nitrogens is 1. The minimum atomic E-state index is -0.463. The molecule has 1 aliphatic rings. The van der Waals surface area contributed by atoms with Crippen molar-refractivity contribution in [2.24, 2.45) is 5.92 Å². The molecule has 1 N–H and O–H groups in total. The van der Waals surface area contributed by atoms with Crippen LogP contribution in [0.2, 0.25) is 0 Å². The average Bonchev–Trinajstić information content (AvgIpc) is 3.66. The SMILES string of the molecule is CCc1ccccc1-c1cc(C(=O)NCc2ccc(OC)c(F)c2)c(OCC2CC2)cn1. The Kier molecular flexibility index (Phi) is 6.69. The van der Waals surface area contributed by atoms with E-state index in [0.717, 1.165) is 36.1 Å². The fraction of sp³-hybridized carbons (Fsp3) is 0.308. The second-order valence-electron chi connectivity index (χ2n) is 7.98. The van der Waals surface area contributed by atoms with Crippen molar-refractivity contribution in [1.82, 2.24) is 10.3 Å². The van der Waals surface area contributed by atoms with Crippen molar-refractivity contribution < 1.29 is 18.7 Å². The third kappa shape index (κ3) is 5.07. The molecule has 6 heteroatoms. The van der Waals surface area contributed by atoms with Crippen molar-refractivity contribution in [2.45, 2.75) is 32.7 Å². The van der Waals surface area contributed by atoms with E-state index in [9.17, 15) is 9.18 Å². The Morgan fingerprint density at radius 1 is 1.16 bits per heavy atom. The van der Waals surface area contributed by atoms with Gasteiger partial charge >= 0.3 is 0 Å². The van der Waals surface area contributed by atoms with Gasteiger partial charge in [-0.25, -0.2) is 4.39 Å². The fourth-order valence-electron chi connectivity index (χ4n) is 3.55. The number of pyridine rings is 1. The van der Waals surface area contributed by atoms with Crippen LogP contribution in [-0.2, 0) is 13.0 Å². The van der Waals surface area contributed by atoms with Crippen LogP contribution in [-0.4, -0.2) is 24.6 Å². The highest BCUT2D eigenvalue weighted by atomic mass is 19.1. The van der Waals surface area contributed by atoms with Gasteiger partial charge < -0.3 is 14.8 Å². The number of nitrogens with one attached hydrogen (secondary N) is 1. The van der Waals surface area contributed by atoms with Crippen molar-refractivity contribution in [3.8, 4) is 22.8 Å². The van der Waals surface area contributed by atoms with Crippen LogP contribution in [0.25, 0.3) is 11.3 Å². The number of nitrogens with zero attached hydrogens (tertiary/aromatic N) is 1. The number of ether oxygens (including phenoxy) is 2. The summed E-state index contributed by atoms with van der Waals surface area (Å²) in [6.45, 7) is 2.86. The van der Waals surface area contributed by atoms with E-state index in [1.807, 2.05) is 18.2 Å². The Morgan fingerprint density at radius 3 is 2.69 bits per heavy atom. The molecule has 3 aromatic rings. The maximum atomic E-state index is 14.0. The number of hydrogen-bond donors (Lipinski definition) is 1. The number of aryl methyl sites for hydroxylation is 1. The molecular formula is C26H27FN2O3. The number of carbonyl (C=O) groups is 1. The van der Waals surface area contributed by atoms with E-state index in [1.165, 1.54) is 13.2 Å². The summed E-state index contributed by atoms with van der Waals surface area (Å²) >= 11 is 0. The highest BCUT2D eigenvalue weighted by Gasteiger charge is 2.24. The molecule has 1 aromatic heterocycles. The van der Waals surface area contributed by atoms with Gasteiger partial charge in [0.2, 0.25) is 0 Å². The van der Waals surface area contributed by atoms with E-state index in [4.69, 9.17) is 9.47 Å². The molecule has 0 atom stereocenters. The molecule has 0 unspecified atom stereocenters. The molecule has 0 aliphatic heterocycles. The standard InChI is InChI=1S/C26H27FN2O3/c1-3-19-6-4-5-7-20(19)23-13-21(25(15-28-23)32-16-17-8-9-17)26(30)29-14-18-10-11-24(31-2)22(27)12-18/h4-7,10-13,15,17H,3,8-9,14,16H2,1-2H3,(H,29,30). The van der Waals surface area contributed by atoms with Gasteiger partial charge in [0, 0.05) is 12.1 Å². The molecule has 0 bridgehead atoms. The average molecular weight is 435 g/mol. The summed E-state index contributed by atoms with van der Waals surface area (Å²) in [6, 6.07) is 14.4. The maximum absolute atomic E-state index is 14.0. The first kappa shape index (κ1) is 21.8. The smallest absolute Gasteiger partial charge is 0.255 e. The first-order valence-corrected chi connectivity index (χ1v) is 10.9. The van der Waals surface area contributed by atoms with Crippen LogP contribution in [0.5, 0.6) is 11.5 Å². The van der Waals surface area contributed by atoms with Crippen LogP contribution in [0, 0.1) is 11.7 Å². The summed E-state index contributed by atoms with van der Waals surface area (Å²) in [5, 5.41) is 2.88. The van der Waals surface area contributed by atoms with Crippen molar-refractivity contribution >= 4 is 5.91 Å². The molecule has 1 aliphatic carbocycles. The summed E-state index contributed by atoms with van der Waals surface area (Å²) in [6.07, 6.45) is 4.80. The first-order valence-electron chi connectivity index (χ1n) is 10.9. The minimum Gasteiger partial charge on any atom is -0.494 e. The predicted octanol–water partition coefficient (Wildman–Crippen LogP) is 5.18. The van der Waals surface area contributed by atoms with Crippen LogP contribution < -0.4 is 14.8 Å². The van der Waals surface area contributed by atoms with Gasteiger partial charge in [0.25, 0.3) is 5.91 Å². The van der Waals surface area contributed by atoms with Gasteiger partial charge in [-0.2, -0.15) is 0 Å². The number of amides is 1. The molecule has 4 rings (SSSR count). The van der Waals surface area contributed by atoms with Crippen LogP contribution >= 0.6 is 0 Å². The molecule has 1 heterocycles. The van der Waals surface area contributed by atoms with Crippen LogP contribution in [0.4, 0.5) is 4.39 Å². The summed E-state index contributed by atoms with van der Waals surface area (Å²) in [5.74, 6) is 0.436. The van der Waals surface area contributed by atoms with Gasteiger partial charge in [0.1, 0.15) is 5.75 Å². The predicted molar refractivity (Wildman–Crippen MR) is 121 cm³/mol. The lowest BCUT2D eigenvalue weighted by atomic mass is 10.0. The van der Waals surface area contributed by atoms with Crippen LogP contribution in [0.3, 0.4) is 0 Å². The first-order chi connectivity index (χ1) is 15.6. The molecule has 0 radical (unpaired) electrons. The van der Waals surface area contributed by atoms with E-state index in [1.54, 1.807) is 24.4 Å². The Bertz CT molecular complexity index is 1110. The zero-order valence-electron chi connectivity index (χ0n) is 18.4. The number of halogens is 1. The van der Waals surface area contributed by atoms with Gasteiger partial charge in [-0.05, 0) is 54.5 Å². The Balaban J connectivity index is 1.58. The van der Waals surface area contributed by atoms with E-state index in [2.05, 4.69) is 23.3 Å². The quantitative estimate of drug-likeness (QED) is 0.504. The molecule has 0 spiro atoms. The largest absolute Gasteiger partial charge is 0.494 e. The lowest BCUT2D eigenvalue weighted by Gasteiger charge is -2.14.